The monoisotopic (exact) mass is 373 g/mol. The standard InChI is InChI=1S/C19H27N5OS/c1-14-5-7-15(8-6-14)13-16-20-18(26-22-16)24-11-9-23(10-12-24)17(25)21-19(2,3)4/h5-8H,9-13H2,1-4H3,(H,21,25). The van der Waals surface area contributed by atoms with Gasteiger partial charge in [-0.1, -0.05) is 29.8 Å². The molecule has 0 radical (unpaired) electrons. The molecule has 1 N–H and O–H groups in total. The van der Waals surface area contributed by atoms with E-state index in [1.807, 2.05) is 25.7 Å². The van der Waals surface area contributed by atoms with E-state index in [9.17, 15) is 4.79 Å². The van der Waals surface area contributed by atoms with Crippen LogP contribution in [0.5, 0.6) is 0 Å². The molecule has 0 bridgehead atoms. The van der Waals surface area contributed by atoms with Gasteiger partial charge in [0.1, 0.15) is 5.82 Å². The summed E-state index contributed by atoms with van der Waals surface area (Å²) in [5.41, 5.74) is 2.27. The molecule has 1 saturated heterocycles. The summed E-state index contributed by atoms with van der Waals surface area (Å²) in [5.74, 6) is 0.863. The zero-order valence-corrected chi connectivity index (χ0v) is 16.8. The smallest absolute Gasteiger partial charge is 0.317 e. The fourth-order valence-corrected chi connectivity index (χ4v) is 3.57. The molecule has 2 amide bonds. The normalized spacial score (nSPS) is 15.2. The summed E-state index contributed by atoms with van der Waals surface area (Å²) < 4.78 is 4.51. The van der Waals surface area contributed by atoms with Gasteiger partial charge in [0.25, 0.3) is 0 Å². The zero-order chi connectivity index (χ0) is 18.7. The second-order valence-corrected chi connectivity index (χ2v) is 8.54. The zero-order valence-electron chi connectivity index (χ0n) is 16.0. The van der Waals surface area contributed by atoms with Crippen LogP contribution in [0.3, 0.4) is 0 Å². The Morgan fingerprint density at radius 2 is 1.81 bits per heavy atom. The van der Waals surface area contributed by atoms with E-state index in [0.717, 1.165) is 30.5 Å². The maximum absolute atomic E-state index is 12.3. The van der Waals surface area contributed by atoms with Crippen LogP contribution in [0, 0.1) is 6.92 Å². The van der Waals surface area contributed by atoms with Crippen molar-refractivity contribution in [1.82, 2.24) is 19.6 Å². The number of urea groups is 1. The van der Waals surface area contributed by atoms with Crippen LogP contribution in [0.4, 0.5) is 9.93 Å². The van der Waals surface area contributed by atoms with E-state index in [-0.39, 0.29) is 11.6 Å². The molecule has 0 unspecified atom stereocenters. The van der Waals surface area contributed by atoms with E-state index < -0.39 is 0 Å². The van der Waals surface area contributed by atoms with Crippen molar-refractivity contribution in [2.45, 2.75) is 39.7 Å². The number of hydrogen-bond donors (Lipinski definition) is 1. The number of benzene rings is 1. The summed E-state index contributed by atoms with van der Waals surface area (Å²) in [7, 11) is 0. The summed E-state index contributed by atoms with van der Waals surface area (Å²) in [6.07, 6.45) is 0.755. The lowest BCUT2D eigenvalue weighted by atomic mass is 10.1. The second kappa shape index (κ2) is 7.61. The quantitative estimate of drug-likeness (QED) is 0.898. The molecular weight excluding hydrogens is 346 g/mol. The van der Waals surface area contributed by atoms with Crippen molar-refractivity contribution >= 4 is 22.7 Å². The van der Waals surface area contributed by atoms with E-state index in [1.54, 1.807) is 0 Å². The van der Waals surface area contributed by atoms with Crippen molar-refractivity contribution in [1.29, 1.82) is 0 Å². The number of carbonyl (C=O) groups excluding carboxylic acids is 1. The molecule has 26 heavy (non-hydrogen) atoms. The van der Waals surface area contributed by atoms with Crippen molar-refractivity contribution < 1.29 is 4.79 Å². The third kappa shape index (κ3) is 4.94. The van der Waals surface area contributed by atoms with Gasteiger partial charge in [-0.15, -0.1) is 0 Å². The van der Waals surface area contributed by atoms with Crippen molar-refractivity contribution in [2.24, 2.45) is 0 Å². The average Bonchev–Trinajstić information content (AvgIpc) is 3.04. The fourth-order valence-electron chi connectivity index (χ4n) is 2.83. The van der Waals surface area contributed by atoms with Gasteiger partial charge in [-0.05, 0) is 33.3 Å². The van der Waals surface area contributed by atoms with Crippen molar-refractivity contribution in [3.05, 3.63) is 41.2 Å². The van der Waals surface area contributed by atoms with Gasteiger partial charge in [0.2, 0.25) is 5.13 Å². The molecule has 1 aromatic carbocycles. The molecule has 2 aromatic rings. The Kier molecular flexibility index (Phi) is 5.46. The SMILES string of the molecule is Cc1ccc(Cc2nsc(N3CCN(C(=O)NC(C)(C)C)CC3)n2)cc1. The molecule has 2 heterocycles. The molecule has 6 nitrogen and oxygen atoms in total. The molecule has 7 heteroatoms. The molecule has 1 aromatic heterocycles. The van der Waals surface area contributed by atoms with Crippen LogP contribution >= 0.6 is 11.5 Å². The number of hydrogen-bond acceptors (Lipinski definition) is 5. The van der Waals surface area contributed by atoms with E-state index in [1.165, 1.54) is 22.7 Å². The van der Waals surface area contributed by atoms with Gasteiger partial charge in [0.05, 0.1) is 0 Å². The summed E-state index contributed by atoms with van der Waals surface area (Å²) in [6.45, 7) is 11.1. The Balaban J connectivity index is 1.54. The molecule has 0 aliphatic carbocycles. The topological polar surface area (TPSA) is 61.4 Å². The minimum Gasteiger partial charge on any atom is -0.343 e. The van der Waals surface area contributed by atoms with Gasteiger partial charge in [-0.3, -0.25) is 0 Å². The Hall–Kier alpha value is -2.15. The first kappa shape index (κ1) is 18.6. The number of rotatable bonds is 3. The molecule has 140 valence electrons. The number of amides is 2. The van der Waals surface area contributed by atoms with Gasteiger partial charge < -0.3 is 15.1 Å². The highest BCUT2D eigenvalue weighted by Gasteiger charge is 2.25. The molecular formula is C19H27N5OS. The Morgan fingerprint density at radius 3 is 2.42 bits per heavy atom. The van der Waals surface area contributed by atoms with Crippen LogP contribution < -0.4 is 10.2 Å². The van der Waals surface area contributed by atoms with Crippen LogP contribution in [-0.2, 0) is 6.42 Å². The summed E-state index contributed by atoms with van der Waals surface area (Å²) in [4.78, 5) is 21.0. The van der Waals surface area contributed by atoms with Gasteiger partial charge in [-0.25, -0.2) is 9.78 Å². The molecule has 1 aliphatic rings. The van der Waals surface area contributed by atoms with Gasteiger partial charge in [0, 0.05) is 49.7 Å². The lowest BCUT2D eigenvalue weighted by molar-refractivity contribution is 0.185. The Bertz CT molecular complexity index is 742. The number of aromatic nitrogens is 2. The van der Waals surface area contributed by atoms with Gasteiger partial charge in [-0.2, -0.15) is 4.37 Å². The molecule has 1 fully saturated rings. The predicted octanol–water partition coefficient (Wildman–Crippen LogP) is 3.07. The third-order valence-corrected chi connectivity index (χ3v) is 5.07. The first-order chi connectivity index (χ1) is 12.3. The van der Waals surface area contributed by atoms with Crippen LogP contribution in [0.2, 0.25) is 0 Å². The lowest BCUT2D eigenvalue weighted by Crippen LogP contribution is -2.55. The van der Waals surface area contributed by atoms with Crippen LogP contribution in [-0.4, -0.2) is 52.0 Å². The first-order valence-electron chi connectivity index (χ1n) is 9.00. The molecule has 0 saturated carbocycles. The van der Waals surface area contributed by atoms with Crippen molar-refractivity contribution in [3.8, 4) is 0 Å². The number of anilines is 1. The highest BCUT2D eigenvalue weighted by atomic mass is 32.1. The van der Waals surface area contributed by atoms with Crippen LogP contribution in [0.1, 0.15) is 37.7 Å². The van der Waals surface area contributed by atoms with Gasteiger partial charge >= 0.3 is 6.03 Å². The predicted molar refractivity (Wildman–Crippen MR) is 106 cm³/mol. The number of piperazine rings is 1. The van der Waals surface area contributed by atoms with Crippen molar-refractivity contribution in [2.75, 3.05) is 31.1 Å². The van der Waals surface area contributed by atoms with E-state index in [2.05, 4.69) is 45.8 Å². The van der Waals surface area contributed by atoms with Gasteiger partial charge in [0.15, 0.2) is 0 Å². The molecule has 3 rings (SSSR count). The Morgan fingerprint density at radius 1 is 1.15 bits per heavy atom. The minimum absolute atomic E-state index is 0.00877. The summed E-state index contributed by atoms with van der Waals surface area (Å²) in [5, 5.41) is 3.97. The number of carbonyl (C=O) groups is 1. The molecule has 1 aliphatic heterocycles. The summed E-state index contributed by atoms with van der Waals surface area (Å²) in [6, 6.07) is 8.50. The minimum atomic E-state index is -0.210. The third-order valence-electron chi connectivity index (χ3n) is 4.26. The maximum Gasteiger partial charge on any atom is 0.317 e. The van der Waals surface area contributed by atoms with E-state index in [0.29, 0.717) is 13.1 Å². The highest BCUT2D eigenvalue weighted by Crippen LogP contribution is 2.21. The molecule has 0 spiro atoms. The first-order valence-corrected chi connectivity index (χ1v) is 9.78. The van der Waals surface area contributed by atoms with E-state index >= 15 is 0 Å². The fraction of sp³-hybridized carbons (Fsp3) is 0.526. The number of aryl methyl sites for hydroxylation is 1. The van der Waals surface area contributed by atoms with Crippen molar-refractivity contribution in [3.63, 3.8) is 0 Å². The van der Waals surface area contributed by atoms with Crippen LogP contribution in [0.25, 0.3) is 0 Å². The Labute approximate surface area is 159 Å². The average molecular weight is 374 g/mol. The van der Waals surface area contributed by atoms with Crippen LogP contribution in [0.15, 0.2) is 24.3 Å². The maximum atomic E-state index is 12.3. The number of nitrogens with zero attached hydrogens (tertiary/aromatic N) is 4. The van der Waals surface area contributed by atoms with E-state index in [4.69, 9.17) is 4.98 Å². The highest BCUT2D eigenvalue weighted by molar-refractivity contribution is 7.09. The number of nitrogens with one attached hydrogen (secondary N) is 1. The summed E-state index contributed by atoms with van der Waals surface area (Å²) >= 11 is 1.44. The second-order valence-electron chi connectivity index (χ2n) is 7.81. The lowest BCUT2D eigenvalue weighted by Gasteiger charge is -2.36. The molecule has 0 atom stereocenters. The largest absolute Gasteiger partial charge is 0.343 e.